The number of ether oxygens (including phenoxy) is 1. The molecule has 14 heteroatoms. The van der Waals surface area contributed by atoms with E-state index in [1.54, 1.807) is 31.1 Å². The minimum Gasteiger partial charge on any atom is -0.475 e. The largest absolute Gasteiger partial charge is 0.475 e. The van der Waals surface area contributed by atoms with Crippen molar-refractivity contribution in [3.63, 3.8) is 0 Å². The molecule has 292 valence electrons. The molecule has 3 aromatic heterocycles. The molecule has 1 fully saturated rings. The summed E-state index contributed by atoms with van der Waals surface area (Å²) in [7, 11) is 1.90. The lowest BCUT2D eigenvalue weighted by Gasteiger charge is -2.28. The molecule has 1 amide bonds. The maximum absolute atomic E-state index is 12.7. The summed E-state index contributed by atoms with van der Waals surface area (Å²) < 4.78 is 7.23. The minimum absolute atomic E-state index is 0.118. The first kappa shape index (κ1) is 41.1. The van der Waals surface area contributed by atoms with Gasteiger partial charge >= 0.3 is 0 Å². The van der Waals surface area contributed by atoms with Gasteiger partial charge in [-0.1, -0.05) is 30.3 Å². The summed E-state index contributed by atoms with van der Waals surface area (Å²) in [6.07, 6.45) is 9.95. The summed E-state index contributed by atoms with van der Waals surface area (Å²) in [4.78, 5) is 33.7. The number of anilines is 1. The SMILES string of the molecule is C=O.CNc1ccc2[nH]nc(-c3ccc(OC(C)C)nc3)c2c1.CS[C@H]1CCN(CC(=O)N2CC=C(c3ccc(-c4ncn(CC(C)(C)O)n4)cc3)CC2)C1. The Kier molecular flexibility index (Phi) is 14.2. The van der Waals surface area contributed by atoms with Crippen LogP contribution < -0.4 is 10.1 Å². The van der Waals surface area contributed by atoms with E-state index in [0.717, 1.165) is 59.5 Å². The number of likely N-dealkylation sites (tertiary alicyclic amines) is 1. The Balaban J connectivity index is 0.000000218. The van der Waals surface area contributed by atoms with Gasteiger partial charge in [0.1, 0.15) is 18.8 Å². The fourth-order valence-electron chi connectivity index (χ4n) is 6.54. The second-order valence-corrected chi connectivity index (χ2v) is 15.6. The van der Waals surface area contributed by atoms with Crippen molar-refractivity contribution in [3.05, 3.63) is 78.8 Å². The van der Waals surface area contributed by atoms with E-state index in [1.807, 2.05) is 80.7 Å². The van der Waals surface area contributed by atoms with Crippen LogP contribution in [0.2, 0.25) is 0 Å². The van der Waals surface area contributed by atoms with Crippen LogP contribution in [0.4, 0.5) is 5.69 Å². The van der Waals surface area contributed by atoms with Crippen molar-refractivity contribution in [2.24, 2.45) is 0 Å². The summed E-state index contributed by atoms with van der Waals surface area (Å²) in [5, 5.41) is 26.8. The number of aliphatic hydroxyl groups is 1. The van der Waals surface area contributed by atoms with Gasteiger partial charge in [-0.25, -0.2) is 14.6 Å². The predicted octanol–water partition coefficient (Wildman–Crippen LogP) is 6.04. The maximum Gasteiger partial charge on any atom is 0.237 e. The van der Waals surface area contributed by atoms with Gasteiger partial charge in [-0.15, -0.1) is 0 Å². The number of rotatable bonds is 11. The van der Waals surface area contributed by atoms with E-state index in [2.05, 4.69) is 66.0 Å². The highest BCUT2D eigenvalue weighted by Crippen LogP contribution is 2.29. The highest BCUT2D eigenvalue weighted by molar-refractivity contribution is 7.99. The number of hydrogen-bond acceptors (Lipinski definition) is 11. The molecule has 0 unspecified atom stereocenters. The lowest BCUT2D eigenvalue weighted by molar-refractivity contribution is -0.131. The zero-order valence-electron chi connectivity index (χ0n) is 32.7. The van der Waals surface area contributed by atoms with E-state index >= 15 is 0 Å². The van der Waals surface area contributed by atoms with Crippen molar-refractivity contribution in [2.75, 3.05) is 51.3 Å². The van der Waals surface area contributed by atoms with Crippen molar-refractivity contribution >= 4 is 46.6 Å². The summed E-state index contributed by atoms with van der Waals surface area (Å²) in [6, 6.07) is 18.2. The Morgan fingerprint density at radius 3 is 2.44 bits per heavy atom. The van der Waals surface area contributed by atoms with E-state index < -0.39 is 5.60 Å². The number of pyridine rings is 1. The highest BCUT2D eigenvalue weighted by atomic mass is 32.2. The molecule has 0 saturated carbocycles. The minimum atomic E-state index is -0.830. The van der Waals surface area contributed by atoms with Gasteiger partial charge in [-0.2, -0.15) is 22.0 Å². The number of carbonyl (C=O) groups excluding carboxylic acids is 2. The predicted molar refractivity (Wildman–Crippen MR) is 221 cm³/mol. The molecule has 2 aliphatic rings. The van der Waals surface area contributed by atoms with E-state index in [4.69, 9.17) is 9.53 Å². The van der Waals surface area contributed by atoms with Gasteiger partial charge in [0.2, 0.25) is 11.8 Å². The molecule has 1 saturated heterocycles. The maximum atomic E-state index is 12.7. The summed E-state index contributed by atoms with van der Waals surface area (Å²) in [6.45, 7) is 13.9. The van der Waals surface area contributed by atoms with Crippen LogP contribution in [-0.2, 0) is 16.1 Å². The molecule has 5 heterocycles. The van der Waals surface area contributed by atoms with Crippen LogP contribution in [-0.4, -0.2) is 121 Å². The molecule has 2 aromatic carbocycles. The molecule has 55 heavy (non-hydrogen) atoms. The number of thioether (sulfide) groups is 1. The summed E-state index contributed by atoms with van der Waals surface area (Å²) >= 11 is 1.90. The number of amides is 1. The van der Waals surface area contributed by atoms with Crippen molar-refractivity contribution < 1.29 is 19.4 Å². The van der Waals surface area contributed by atoms with E-state index in [0.29, 0.717) is 36.6 Å². The van der Waals surface area contributed by atoms with Gasteiger partial charge < -0.3 is 24.9 Å². The smallest absolute Gasteiger partial charge is 0.237 e. The van der Waals surface area contributed by atoms with Crippen molar-refractivity contribution in [3.8, 4) is 28.5 Å². The van der Waals surface area contributed by atoms with Crippen LogP contribution in [0.5, 0.6) is 5.88 Å². The number of fused-ring (bicyclic) bond motifs is 1. The standard InChI is InChI=1S/C24H33N5O2S.C16H18N4O.CH2O/c1-24(2,31)16-29-17-25-23(26-29)20-6-4-18(5-7-20)19-8-12-28(13-9-19)22(30)15-27-11-10-21(14-27)32-3;1-10(2)21-15-7-4-11(9-18-15)16-13-8-12(17-3)5-6-14(13)19-20-16;1-2/h4-8,17,21,31H,9-16H2,1-3H3;4-10,17H,1-3H3,(H,19,20);1H2/t21-;;/m0../s1. The lowest BCUT2D eigenvalue weighted by atomic mass is 9.98. The first-order valence-corrected chi connectivity index (χ1v) is 19.8. The average molecular weight is 768 g/mol. The van der Waals surface area contributed by atoms with Gasteiger partial charge in [-0.3, -0.25) is 14.8 Å². The number of nitrogens with one attached hydrogen (secondary N) is 2. The fraction of sp³-hybridized carbons (Fsp3) is 0.415. The molecule has 1 atom stereocenters. The van der Waals surface area contributed by atoms with Gasteiger partial charge in [0.25, 0.3) is 0 Å². The van der Waals surface area contributed by atoms with Crippen molar-refractivity contribution in [1.82, 2.24) is 39.7 Å². The molecule has 13 nitrogen and oxygen atoms in total. The molecule has 0 spiro atoms. The van der Waals surface area contributed by atoms with Crippen LogP contribution in [0.3, 0.4) is 0 Å². The third-order valence-electron chi connectivity index (χ3n) is 9.30. The molecule has 0 bridgehead atoms. The van der Waals surface area contributed by atoms with Crippen LogP contribution >= 0.6 is 11.8 Å². The summed E-state index contributed by atoms with van der Waals surface area (Å²) in [5.74, 6) is 1.52. The fourth-order valence-corrected chi connectivity index (χ4v) is 7.24. The number of nitrogens with zero attached hydrogens (tertiary/aromatic N) is 7. The molecule has 7 rings (SSSR count). The summed E-state index contributed by atoms with van der Waals surface area (Å²) in [5.41, 5.74) is 6.50. The third-order valence-corrected chi connectivity index (χ3v) is 10.4. The Morgan fingerprint density at radius 2 is 1.82 bits per heavy atom. The quantitative estimate of drug-likeness (QED) is 0.144. The normalized spacial score (nSPS) is 15.9. The molecule has 2 aliphatic heterocycles. The Hall–Kier alpha value is -5.05. The molecule has 0 radical (unpaired) electrons. The average Bonchev–Trinajstić information content (AvgIpc) is 3.96. The number of hydrogen-bond donors (Lipinski definition) is 3. The van der Waals surface area contributed by atoms with Gasteiger partial charge in [0, 0.05) is 66.4 Å². The number of aromatic amines is 1. The van der Waals surface area contributed by atoms with Gasteiger partial charge in [0.05, 0.1) is 30.3 Å². The van der Waals surface area contributed by atoms with Gasteiger partial charge in [-0.05, 0) is 88.7 Å². The zero-order valence-corrected chi connectivity index (χ0v) is 33.5. The van der Waals surface area contributed by atoms with Crippen molar-refractivity contribution in [1.29, 1.82) is 0 Å². The molecule has 0 aliphatic carbocycles. The Bertz CT molecular complexity index is 2020. The van der Waals surface area contributed by atoms with E-state index in [9.17, 15) is 9.90 Å². The lowest BCUT2D eigenvalue weighted by Crippen LogP contribution is -2.41. The monoisotopic (exact) mass is 767 g/mol. The molecule has 5 aromatic rings. The van der Waals surface area contributed by atoms with Crippen LogP contribution in [0.25, 0.3) is 39.1 Å². The van der Waals surface area contributed by atoms with Crippen LogP contribution in [0.15, 0.2) is 73.2 Å². The van der Waals surface area contributed by atoms with E-state index in [1.165, 1.54) is 17.6 Å². The molecule has 3 N–H and O–H groups in total. The second kappa shape index (κ2) is 19.0. The van der Waals surface area contributed by atoms with Crippen LogP contribution in [0.1, 0.15) is 46.1 Å². The Labute approximate surface area is 327 Å². The van der Waals surface area contributed by atoms with Crippen LogP contribution in [0, 0.1) is 0 Å². The zero-order chi connectivity index (χ0) is 39.5. The number of carbonyl (C=O) groups is 2. The molecular weight excluding hydrogens is 715 g/mol. The first-order valence-electron chi connectivity index (χ1n) is 18.5. The first-order chi connectivity index (χ1) is 26.5. The number of benzene rings is 2. The topological polar surface area (TPSA) is 154 Å². The van der Waals surface area contributed by atoms with E-state index in [-0.39, 0.29) is 12.0 Å². The van der Waals surface area contributed by atoms with Crippen molar-refractivity contribution in [2.45, 2.75) is 64.0 Å². The second-order valence-electron chi connectivity index (χ2n) is 14.5. The number of aromatic nitrogens is 6. The third kappa shape index (κ3) is 11.2. The number of H-pyrrole nitrogens is 1. The van der Waals surface area contributed by atoms with Gasteiger partial charge in [0.15, 0.2) is 5.82 Å². The highest BCUT2D eigenvalue weighted by Gasteiger charge is 2.26. The molecular formula is C41H53N9O4S. The Morgan fingerprint density at radius 1 is 1.07 bits per heavy atom.